The summed E-state index contributed by atoms with van der Waals surface area (Å²) in [5.41, 5.74) is 0.515. The number of aromatic carboxylic acids is 1. The van der Waals surface area contributed by atoms with Gasteiger partial charge in [-0.2, -0.15) is 0 Å². The van der Waals surface area contributed by atoms with Gasteiger partial charge in [-0.3, -0.25) is 4.79 Å². The molecule has 0 bridgehead atoms. The number of hydrogen-bond donors (Lipinski definition) is 1. The lowest BCUT2D eigenvalue weighted by atomic mass is 10.0. The highest BCUT2D eigenvalue weighted by atomic mass is 79.9. The largest absolute Gasteiger partial charge is 0.494 e. The zero-order chi connectivity index (χ0) is 13.0. The van der Waals surface area contributed by atoms with Gasteiger partial charge in [-0.25, -0.2) is 4.79 Å². The van der Waals surface area contributed by atoms with Crippen LogP contribution in [0, 0.1) is 0 Å². The molecule has 5 heteroatoms. The first-order chi connectivity index (χ1) is 7.97. The summed E-state index contributed by atoms with van der Waals surface area (Å²) in [7, 11) is 0. The molecule has 1 N–H and O–H groups in total. The fraction of sp³-hybridized carbons (Fsp3) is 0.333. The fourth-order valence-electron chi connectivity index (χ4n) is 1.42. The number of carbonyl (C=O) groups is 2. The number of hydrogen-bond acceptors (Lipinski definition) is 3. The molecule has 0 aliphatic rings. The quantitative estimate of drug-likeness (QED) is 0.849. The summed E-state index contributed by atoms with van der Waals surface area (Å²) in [5.74, 6) is -0.735. The lowest BCUT2D eigenvalue weighted by Gasteiger charge is -2.12. The number of benzene rings is 1. The summed E-state index contributed by atoms with van der Waals surface area (Å²) < 4.78 is 5.23. The molecular formula is C12H13BrO4. The number of carbonyl (C=O) groups excluding carboxylic acids is 1. The van der Waals surface area contributed by atoms with Gasteiger partial charge in [-0.05, 0) is 31.5 Å². The van der Waals surface area contributed by atoms with Gasteiger partial charge in [0.25, 0.3) is 0 Å². The Labute approximate surface area is 108 Å². The van der Waals surface area contributed by atoms with Crippen molar-refractivity contribution >= 4 is 27.7 Å². The van der Waals surface area contributed by atoms with Crippen molar-refractivity contribution in [1.29, 1.82) is 0 Å². The maximum Gasteiger partial charge on any atom is 0.336 e. The zero-order valence-electron chi connectivity index (χ0n) is 9.57. The molecule has 0 aromatic heterocycles. The monoisotopic (exact) mass is 300 g/mol. The van der Waals surface area contributed by atoms with E-state index in [0.717, 1.165) is 0 Å². The summed E-state index contributed by atoms with van der Waals surface area (Å²) >= 11 is 3.18. The van der Waals surface area contributed by atoms with Crippen LogP contribution in [0.2, 0.25) is 0 Å². The Balaban J connectivity index is 3.22. The SMILES string of the molecule is CCOc1ccc(C(Br)C(C)=O)c(C(=O)O)c1. The van der Waals surface area contributed by atoms with Gasteiger partial charge in [0.05, 0.1) is 17.0 Å². The average molecular weight is 301 g/mol. The molecule has 1 aromatic rings. The number of Topliss-reactive ketones (excluding diaryl/α,β-unsaturated/α-hetero) is 1. The van der Waals surface area contributed by atoms with Crippen LogP contribution in [0.5, 0.6) is 5.75 Å². The molecule has 0 heterocycles. The molecule has 0 radical (unpaired) electrons. The summed E-state index contributed by atoms with van der Waals surface area (Å²) in [5, 5.41) is 9.10. The molecule has 1 atom stereocenters. The number of carboxylic acids is 1. The molecule has 4 nitrogen and oxygen atoms in total. The van der Waals surface area contributed by atoms with Crippen molar-refractivity contribution in [1.82, 2.24) is 0 Å². The Hall–Kier alpha value is -1.36. The summed E-state index contributed by atoms with van der Waals surface area (Å²) in [6, 6.07) is 4.68. The molecule has 0 amide bonds. The lowest BCUT2D eigenvalue weighted by molar-refractivity contribution is -0.116. The normalized spacial score (nSPS) is 11.9. The van der Waals surface area contributed by atoms with Crippen molar-refractivity contribution in [2.45, 2.75) is 18.7 Å². The van der Waals surface area contributed by atoms with Crippen LogP contribution in [-0.4, -0.2) is 23.5 Å². The van der Waals surface area contributed by atoms with Gasteiger partial charge in [-0.1, -0.05) is 22.0 Å². The van der Waals surface area contributed by atoms with Crippen LogP contribution in [0.25, 0.3) is 0 Å². The van der Waals surface area contributed by atoms with Crippen LogP contribution in [0.1, 0.15) is 34.6 Å². The third-order valence-electron chi connectivity index (χ3n) is 2.20. The molecule has 1 rings (SSSR count). The zero-order valence-corrected chi connectivity index (χ0v) is 11.2. The van der Waals surface area contributed by atoms with E-state index in [2.05, 4.69) is 15.9 Å². The van der Waals surface area contributed by atoms with Gasteiger partial charge in [0.2, 0.25) is 0 Å². The second kappa shape index (κ2) is 5.82. The summed E-state index contributed by atoms with van der Waals surface area (Å²) in [6.45, 7) is 3.68. The Bertz CT molecular complexity index is 442. The summed E-state index contributed by atoms with van der Waals surface area (Å²) in [6.07, 6.45) is 0. The van der Waals surface area contributed by atoms with Crippen LogP contribution in [-0.2, 0) is 4.79 Å². The second-order valence-corrected chi connectivity index (χ2v) is 4.38. The van der Waals surface area contributed by atoms with Crippen LogP contribution >= 0.6 is 15.9 Å². The van der Waals surface area contributed by atoms with Crippen molar-refractivity contribution in [3.63, 3.8) is 0 Å². The third-order valence-corrected chi connectivity index (χ3v) is 3.33. The average Bonchev–Trinajstić information content (AvgIpc) is 2.28. The number of halogens is 1. The smallest absolute Gasteiger partial charge is 0.336 e. The Morgan fingerprint density at radius 3 is 2.59 bits per heavy atom. The number of alkyl halides is 1. The second-order valence-electron chi connectivity index (χ2n) is 3.46. The van der Waals surface area contributed by atoms with Gasteiger partial charge in [0, 0.05) is 0 Å². The topological polar surface area (TPSA) is 63.6 Å². The summed E-state index contributed by atoms with van der Waals surface area (Å²) in [4.78, 5) is 21.8. The lowest BCUT2D eigenvalue weighted by Crippen LogP contribution is -2.09. The maximum absolute atomic E-state index is 11.3. The van der Waals surface area contributed by atoms with E-state index >= 15 is 0 Å². The molecule has 0 aliphatic heterocycles. The molecule has 0 fully saturated rings. The van der Waals surface area contributed by atoms with Gasteiger partial charge in [0.1, 0.15) is 11.5 Å². The van der Waals surface area contributed by atoms with Crippen molar-refractivity contribution in [2.75, 3.05) is 6.61 Å². The van der Waals surface area contributed by atoms with Gasteiger partial charge in [-0.15, -0.1) is 0 Å². The highest BCUT2D eigenvalue weighted by Crippen LogP contribution is 2.29. The van der Waals surface area contributed by atoms with Gasteiger partial charge in [0.15, 0.2) is 0 Å². The first kappa shape index (κ1) is 13.7. The van der Waals surface area contributed by atoms with Crippen LogP contribution in [0.4, 0.5) is 0 Å². The predicted octanol–water partition coefficient (Wildman–Crippen LogP) is 2.81. The van der Waals surface area contributed by atoms with E-state index < -0.39 is 10.8 Å². The van der Waals surface area contributed by atoms with Gasteiger partial charge >= 0.3 is 5.97 Å². The van der Waals surface area contributed by atoms with E-state index in [1.165, 1.54) is 13.0 Å². The van der Waals surface area contributed by atoms with Crippen LogP contribution in [0.15, 0.2) is 18.2 Å². The molecule has 1 unspecified atom stereocenters. The molecule has 0 saturated heterocycles. The molecule has 0 aliphatic carbocycles. The minimum absolute atomic E-state index is 0.0769. The highest BCUT2D eigenvalue weighted by Gasteiger charge is 2.20. The standard InChI is InChI=1S/C12H13BrO4/c1-3-17-8-4-5-9(11(13)7(2)14)10(6-8)12(15)16/h4-6,11H,3H2,1-2H3,(H,15,16). The number of rotatable bonds is 5. The minimum atomic E-state index is -1.08. The van der Waals surface area contributed by atoms with Crippen molar-refractivity contribution in [3.8, 4) is 5.75 Å². The molecule has 0 saturated carbocycles. The van der Waals surface area contributed by atoms with Crippen LogP contribution in [0.3, 0.4) is 0 Å². The van der Waals surface area contributed by atoms with Crippen molar-refractivity contribution < 1.29 is 19.4 Å². The molecular weight excluding hydrogens is 288 g/mol. The predicted molar refractivity (Wildman–Crippen MR) is 66.9 cm³/mol. The van der Waals surface area contributed by atoms with E-state index in [4.69, 9.17) is 9.84 Å². The first-order valence-corrected chi connectivity index (χ1v) is 6.03. The Morgan fingerprint density at radius 2 is 2.12 bits per heavy atom. The number of ketones is 1. The fourth-order valence-corrected chi connectivity index (χ4v) is 1.82. The van der Waals surface area contributed by atoms with E-state index in [0.29, 0.717) is 17.9 Å². The van der Waals surface area contributed by atoms with Crippen molar-refractivity contribution in [3.05, 3.63) is 29.3 Å². The molecule has 0 spiro atoms. The van der Waals surface area contributed by atoms with Crippen molar-refractivity contribution in [2.24, 2.45) is 0 Å². The minimum Gasteiger partial charge on any atom is -0.494 e. The van der Waals surface area contributed by atoms with E-state index in [9.17, 15) is 9.59 Å². The van der Waals surface area contributed by atoms with E-state index in [-0.39, 0.29) is 11.3 Å². The number of carboxylic acid groups (broad SMARTS) is 1. The highest BCUT2D eigenvalue weighted by molar-refractivity contribution is 9.09. The van der Waals surface area contributed by atoms with Gasteiger partial charge < -0.3 is 9.84 Å². The Kier molecular flexibility index (Phi) is 4.69. The van der Waals surface area contributed by atoms with E-state index in [1.54, 1.807) is 12.1 Å². The molecule has 1 aromatic carbocycles. The third kappa shape index (κ3) is 3.30. The first-order valence-electron chi connectivity index (χ1n) is 5.12. The molecule has 17 heavy (non-hydrogen) atoms. The molecule has 92 valence electrons. The maximum atomic E-state index is 11.3. The number of ether oxygens (including phenoxy) is 1. The van der Waals surface area contributed by atoms with Crippen LogP contribution < -0.4 is 4.74 Å². The Morgan fingerprint density at radius 1 is 1.47 bits per heavy atom. The van der Waals surface area contributed by atoms with E-state index in [1.807, 2.05) is 6.92 Å².